The van der Waals surface area contributed by atoms with Crippen LogP contribution in [-0.2, 0) is 9.53 Å². The van der Waals surface area contributed by atoms with Gasteiger partial charge in [-0.15, -0.1) is 0 Å². The van der Waals surface area contributed by atoms with Crippen molar-refractivity contribution in [1.82, 2.24) is 9.61 Å². The second-order valence-corrected chi connectivity index (χ2v) is 7.21. The van der Waals surface area contributed by atoms with Crippen LogP contribution in [0.3, 0.4) is 0 Å². The summed E-state index contributed by atoms with van der Waals surface area (Å²) in [5.41, 5.74) is 4.04. The van der Waals surface area contributed by atoms with Crippen LogP contribution in [0.15, 0.2) is 73.1 Å². The molecule has 0 bridgehead atoms. The fourth-order valence-corrected chi connectivity index (χ4v) is 3.39. The van der Waals surface area contributed by atoms with Gasteiger partial charge >= 0.3 is 0 Å². The Morgan fingerprint density at radius 3 is 2.62 bits per heavy atom. The number of amides is 2. The highest BCUT2D eigenvalue weighted by molar-refractivity contribution is 6.06. The van der Waals surface area contributed by atoms with E-state index in [2.05, 4.69) is 10.4 Å². The first-order valence-corrected chi connectivity index (χ1v) is 9.86. The van der Waals surface area contributed by atoms with Crippen molar-refractivity contribution in [3.63, 3.8) is 0 Å². The molecule has 2 amide bonds. The van der Waals surface area contributed by atoms with Gasteiger partial charge < -0.3 is 15.0 Å². The summed E-state index contributed by atoms with van der Waals surface area (Å²) < 4.78 is 20.1. The number of aromatic nitrogens is 2. The molecule has 0 saturated heterocycles. The van der Waals surface area contributed by atoms with Gasteiger partial charge in [0.05, 0.1) is 11.7 Å². The minimum atomic E-state index is -0.405. The Hall–Kier alpha value is -4.04. The lowest BCUT2D eigenvalue weighted by molar-refractivity contribution is -0.119. The number of halogens is 1. The average molecular weight is 432 g/mol. The number of nitrogens with one attached hydrogen (secondary N) is 1. The van der Waals surface area contributed by atoms with Crippen molar-refractivity contribution in [3.8, 4) is 11.1 Å². The molecule has 2 aromatic carbocycles. The molecule has 2 heterocycles. The SMILES string of the molecule is COCC(=O)Nc1ccc(-c2cnn3ccc(C(=O)N(C)c4cccc(F)c4)cc23)cc1. The van der Waals surface area contributed by atoms with Gasteiger partial charge in [0, 0.05) is 42.9 Å². The van der Waals surface area contributed by atoms with Gasteiger partial charge in [-0.3, -0.25) is 9.59 Å². The molecule has 0 spiro atoms. The van der Waals surface area contributed by atoms with Crippen LogP contribution >= 0.6 is 0 Å². The maximum Gasteiger partial charge on any atom is 0.258 e. The smallest absolute Gasteiger partial charge is 0.258 e. The van der Waals surface area contributed by atoms with Gasteiger partial charge in [-0.1, -0.05) is 18.2 Å². The largest absolute Gasteiger partial charge is 0.375 e. The summed E-state index contributed by atoms with van der Waals surface area (Å²) in [6.07, 6.45) is 3.43. The van der Waals surface area contributed by atoms with Gasteiger partial charge in [0.1, 0.15) is 12.4 Å². The Morgan fingerprint density at radius 1 is 1.12 bits per heavy atom. The van der Waals surface area contributed by atoms with Crippen LogP contribution in [0.5, 0.6) is 0 Å². The van der Waals surface area contributed by atoms with Gasteiger partial charge in [0.25, 0.3) is 5.91 Å². The molecule has 0 atom stereocenters. The van der Waals surface area contributed by atoms with Crippen molar-refractivity contribution >= 4 is 28.7 Å². The third kappa shape index (κ3) is 4.35. The number of nitrogens with zero attached hydrogens (tertiary/aromatic N) is 3. The van der Waals surface area contributed by atoms with Crippen molar-refractivity contribution in [2.45, 2.75) is 0 Å². The van der Waals surface area contributed by atoms with Gasteiger partial charge in [-0.2, -0.15) is 5.10 Å². The molecule has 2 aromatic heterocycles. The molecule has 0 unspecified atom stereocenters. The predicted octanol–water partition coefficient (Wildman–Crippen LogP) is 4.00. The van der Waals surface area contributed by atoms with E-state index in [4.69, 9.17) is 4.74 Å². The van der Waals surface area contributed by atoms with Crippen LogP contribution in [0.4, 0.5) is 15.8 Å². The van der Waals surface area contributed by atoms with Gasteiger partial charge in [0.2, 0.25) is 5.91 Å². The number of anilines is 2. The molecule has 162 valence electrons. The first kappa shape index (κ1) is 21.2. The molecule has 7 nitrogen and oxygen atoms in total. The van der Waals surface area contributed by atoms with Gasteiger partial charge in [-0.25, -0.2) is 8.91 Å². The highest BCUT2D eigenvalue weighted by atomic mass is 19.1. The van der Waals surface area contributed by atoms with Gasteiger partial charge in [-0.05, 0) is 48.0 Å². The summed E-state index contributed by atoms with van der Waals surface area (Å²) in [4.78, 5) is 26.1. The zero-order valence-electron chi connectivity index (χ0n) is 17.6. The number of carbonyl (C=O) groups excluding carboxylic acids is 2. The molecule has 4 rings (SSSR count). The third-order valence-corrected chi connectivity index (χ3v) is 5.02. The molecular formula is C24H21FN4O3. The van der Waals surface area contributed by atoms with E-state index < -0.39 is 5.82 Å². The fraction of sp³-hybridized carbons (Fsp3) is 0.125. The van der Waals surface area contributed by atoms with Crippen molar-refractivity contribution in [2.75, 3.05) is 31.0 Å². The molecule has 0 aliphatic heterocycles. The second-order valence-electron chi connectivity index (χ2n) is 7.21. The molecule has 32 heavy (non-hydrogen) atoms. The summed E-state index contributed by atoms with van der Waals surface area (Å²) in [5, 5.41) is 7.11. The summed E-state index contributed by atoms with van der Waals surface area (Å²) >= 11 is 0. The van der Waals surface area contributed by atoms with E-state index in [-0.39, 0.29) is 18.4 Å². The van der Waals surface area contributed by atoms with Crippen molar-refractivity contribution in [2.24, 2.45) is 0 Å². The Labute approximate surface area is 184 Å². The third-order valence-electron chi connectivity index (χ3n) is 5.02. The Morgan fingerprint density at radius 2 is 1.91 bits per heavy atom. The summed E-state index contributed by atoms with van der Waals surface area (Å²) in [5.74, 6) is -0.902. The normalized spacial score (nSPS) is 10.8. The van der Waals surface area contributed by atoms with Crippen LogP contribution in [0.25, 0.3) is 16.6 Å². The standard InChI is InChI=1S/C24H21FN4O3/c1-28(20-5-3-4-18(25)13-20)24(31)17-10-11-29-22(12-17)21(14-26-29)16-6-8-19(9-7-16)27-23(30)15-32-2/h3-14H,15H2,1-2H3,(H,27,30). The lowest BCUT2D eigenvalue weighted by Gasteiger charge is -2.17. The molecule has 0 fully saturated rings. The van der Waals surface area contributed by atoms with E-state index in [9.17, 15) is 14.0 Å². The fourth-order valence-electron chi connectivity index (χ4n) is 3.39. The van der Waals surface area contributed by atoms with Crippen LogP contribution in [0.1, 0.15) is 10.4 Å². The van der Waals surface area contributed by atoms with E-state index in [0.717, 1.165) is 16.6 Å². The molecule has 8 heteroatoms. The minimum absolute atomic E-state index is 0.0172. The summed E-state index contributed by atoms with van der Waals surface area (Å²) in [7, 11) is 3.07. The lowest BCUT2D eigenvalue weighted by atomic mass is 10.1. The maximum absolute atomic E-state index is 13.6. The molecule has 1 N–H and O–H groups in total. The zero-order chi connectivity index (χ0) is 22.7. The van der Waals surface area contributed by atoms with E-state index in [1.165, 1.54) is 24.1 Å². The molecular weight excluding hydrogens is 411 g/mol. The van der Waals surface area contributed by atoms with E-state index in [1.807, 2.05) is 12.1 Å². The Bertz CT molecular complexity index is 1280. The van der Waals surface area contributed by atoms with Crippen molar-refractivity contribution in [1.29, 1.82) is 0 Å². The summed E-state index contributed by atoms with van der Waals surface area (Å²) in [6, 6.07) is 16.6. The first-order valence-electron chi connectivity index (χ1n) is 9.86. The highest BCUT2D eigenvalue weighted by Crippen LogP contribution is 2.27. The number of carbonyl (C=O) groups is 2. The number of benzene rings is 2. The van der Waals surface area contributed by atoms with E-state index in [0.29, 0.717) is 16.9 Å². The minimum Gasteiger partial charge on any atom is -0.375 e. The number of fused-ring (bicyclic) bond motifs is 1. The van der Waals surface area contributed by atoms with Crippen LogP contribution < -0.4 is 10.2 Å². The number of pyridine rings is 1. The zero-order valence-corrected chi connectivity index (χ0v) is 17.6. The molecule has 0 aliphatic rings. The molecule has 0 saturated carbocycles. The van der Waals surface area contributed by atoms with E-state index >= 15 is 0 Å². The van der Waals surface area contributed by atoms with Crippen molar-refractivity contribution in [3.05, 3.63) is 84.4 Å². The van der Waals surface area contributed by atoms with Crippen molar-refractivity contribution < 1.29 is 18.7 Å². The van der Waals surface area contributed by atoms with Crippen LogP contribution in [0.2, 0.25) is 0 Å². The maximum atomic E-state index is 13.6. The lowest BCUT2D eigenvalue weighted by Crippen LogP contribution is -2.26. The number of methoxy groups -OCH3 is 1. The van der Waals surface area contributed by atoms with E-state index in [1.54, 1.807) is 60.4 Å². The number of rotatable bonds is 6. The molecule has 0 aliphatic carbocycles. The highest BCUT2D eigenvalue weighted by Gasteiger charge is 2.16. The second kappa shape index (κ2) is 8.99. The van der Waals surface area contributed by atoms with Gasteiger partial charge in [0.15, 0.2) is 0 Å². The Kier molecular flexibility index (Phi) is 5.96. The number of ether oxygens (including phenoxy) is 1. The van der Waals surface area contributed by atoms with Crippen LogP contribution in [-0.4, -0.2) is 42.2 Å². The first-order chi connectivity index (χ1) is 15.5. The predicted molar refractivity (Wildman–Crippen MR) is 120 cm³/mol. The average Bonchev–Trinajstić information content (AvgIpc) is 3.22. The molecule has 4 aromatic rings. The monoisotopic (exact) mass is 432 g/mol. The van der Waals surface area contributed by atoms with Crippen LogP contribution in [0, 0.1) is 5.82 Å². The number of hydrogen-bond acceptors (Lipinski definition) is 4. The number of hydrogen-bond donors (Lipinski definition) is 1. The molecule has 0 radical (unpaired) electrons. The topological polar surface area (TPSA) is 75.9 Å². The quantitative estimate of drug-likeness (QED) is 0.500. The summed E-state index contributed by atoms with van der Waals surface area (Å²) in [6.45, 7) is -0.0172. The Balaban J connectivity index is 1.61.